The van der Waals surface area contributed by atoms with Crippen molar-refractivity contribution < 1.29 is 21.1 Å². The summed E-state index contributed by atoms with van der Waals surface area (Å²) in [4.78, 5) is 9.20. The van der Waals surface area contributed by atoms with Gasteiger partial charge in [0.2, 0.25) is 0 Å². The molecule has 4 heterocycles. The molecule has 0 N–H and O–H groups in total. The fourth-order valence-electron chi connectivity index (χ4n) is 2.28. The van der Waals surface area contributed by atoms with E-state index in [2.05, 4.69) is 32.6 Å². The molecule has 6 nitrogen and oxygen atoms in total. The third-order valence-corrected chi connectivity index (χ3v) is 3.29. The molecule has 7 heteroatoms. The summed E-state index contributed by atoms with van der Waals surface area (Å²) in [7, 11) is 0. The molecule has 0 atom stereocenters. The minimum Gasteiger partial charge on any atom is -0.344 e. The van der Waals surface area contributed by atoms with Gasteiger partial charge in [-0.15, -0.1) is 12.1 Å². The molecule has 0 radical (unpaired) electrons. The second-order valence-electron chi connectivity index (χ2n) is 4.90. The standard InChI is InChI=1S/C17H12N6.Pt/c1-5-14(20-16(7-1)22-11-3-9-18-22)13-15-6-2-8-17(21-15)23-12-4-10-19-23;/h1-10H,13H2;/q-2;+2. The van der Waals surface area contributed by atoms with Crippen LogP contribution in [0.4, 0.5) is 0 Å². The Hall–Kier alpha value is -2.59. The minimum absolute atomic E-state index is 0. The van der Waals surface area contributed by atoms with Gasteiger partial charge in [-0.1, -0.05) is 49.1 Å². The second kappa shape index (κ2) is 7.32. The molecule has 0 aliphatic heterocycles. The number of hydrogen-bond acceptors (Lipinski definition) is 4. The van der Waals surface area contributed by atoms with E-state index < -0.39 is 0 Å². The molecule has 24 heavy (non-hydrogen) atoms. The third kappa shape index (κ3) is 3.49. The number of hydrogen-bond donors (Lipinski definition) is 0. The van der Waals surface area contributed by atoms with Gasteiger partial charge in [0.05, 0.1) is 11.6 Å². The van der Waals surface area contributed by atoms with E-state index in [1.807, 2.05) is 36.4 Å². The fourth-order valence-corrected chi connectivity index (χ4v) is 2.28. The van der Waals surface area contributed by atoms with Crippen LogP contribution < -0.4 is 0 Å². The van der Waals surface area contributed by atoms with Gasteiger partial charge >= 0.3 is 21.1 Å². The number of pyridine rings is 2. The van der Waals surface area contributed by atoms with Gasteiger partial charge in [-0.2, -0.15) is 0 Å². The predicted octanol–water partition coefficient (Wildman–Crippen LogP) is 2.04. The molecule has 4 aromatic heterocycles. The van der Waals surface area contributed by atoms with Crippen molar-refractivity contribution in [1.29, 1.82) is 0 Å². The number of nitrogens with zero attached hydrogens (tertiary/aromatic N) is 6. The molecule has 0 bridgehead atoms. The molecule has 0 aliphatic rings. The van der Waals surface area contributed by atoms with Gasteiger partial charge in [0.15, 0.2) is 0 Å². The van der Waals surface area contributed by atoms with E-state index in [4.69, 9.17) is 0 Å². The molecular formula is C17H12N6Pt. The van der Waals surface area contributed by atoms with E-state index in [-0.39, 0.29) is 21.1 Å². The maximum atomic E-state index is 4.60. The predicted molar refractivity (Wildman–Crippen MR) is 83.2 cm³/mol. The van der Waals surface area contributed by atoms with Crippen LogP contribution in [0.5, 0.6) is 0 Å². The molecule has 0 unspecified atom stereocenters. The van der Waals surface area contributed by atoms with Crippen molar-refractivity contribution in [2.75, 3.05) is 0 Å². The molecule has 4 rings (SSSR count). The summed E-state index contributed by atoms with van der Waals surface area (Å²) >= 11 is 0. The molecular weight excluding hydrogens is 483 g/mol. The van der Waals surface area contributed by atoms with Gasteiger partial charge < -0.3 is 9.36 Å². The van der Waals surface area contributed by atoms with Crippen LogP contribution in [-0.2, 0) is 27.5 Å². The fraction of sp³-hybridized carbons (Fsp3) is 0.0588. The summed E-state index contributed by atoms with van der Waals surface area (Å²) < 4.78 is 3.23. The normalized spacial score (nSPS) is 10.3. The Morgan fingerprint density at radius 3 is 1.67 bits per heavy atom. The van der Waals surface area contributed by atoms with Crippen molar-refractivity contribution in [3.8, 4) is 11.6 Å². The Morgan fingerprint density at radius 1 is 0.750 bits per heavy atom. The zero-order valence-electron chi connectivity index (χ0n) is 12.5. The van der Waals surface area contributed by atoms with Crippen molar-refractivity contribution in [2.24, 2.45) is 0 Å². The van der Waals surface area contributed by atoms with E-state index >= 15 is 0 Å². The SMILES string of the molecule is [Pt+2].[c-]1ccnn1-c1cccc(Cc2cccc(-n3[c-]ccn3)n2)n1. The van der Waals surface area contributed by atoms with E-state index in [9.17, 15) is 0 Å². The average Bonchev–Trinajstić information content (AvgIpc) is 3.29. The largest absolute Gasteiger partial charge is 2.00 e. The monoisotopic (exact) mass is 495 g/mol. The Bertz CT molecular complexity index is 827. The molecule has 0 saturated carbocycles. The summed E-state index contributed by atoms with van der Waals surface area (Å²) in [6, 6.07) is 15.2. The zero-order valence-corrected chi connectivity index (χ0v) is 14.8. The first kappa shape index (κ1) is 16.3. The molecule has 4 aromatic rings. The van der Waals surface area contributed by atoms with Gasteiger partial charge in [-0.05, 0) is 12.1 Å². The van der Waals surface area contributed by atoms with Gasteiger partial charge in [0, 0.05) is 17.8 Å². The van der Waals surface area contributed by atoms with Crippen LogP contribution in [0.3, 0.4) is 0 Å². The molecule has 0 fully saturated rings. The van der Waals surface area contributed by atoms with Gasteiger partial charge in [-0.25, -0.2) is 0 Å². The molecule has 0 aromatic carbocycles. The Kier molecular flexibility index (Phi) is 4.96. The second-order valence-corrected chi connectivity index (χ2v) is 4.90. The van der Waals surface area contributed by atoms with Crippen molar-refractivity contribution in [2.45, 2.75) is 6.42 Å². The van der Waals surface area contributed by atoms with Crippen LogP contribution in [0.15, 0.2) is 60.9 Å². The van der Waals surface area contributed by atoms with Crippen LogP contribution in [0.25, 0.3) is 11.6 Å². The van der Waals surface area contributed by atoms with Gasteiger partial charge in [0.1, 0.15) is 0 Å². The quantitative estimate of drug-likeness (QED) is 0.407. The summed E-state index contributed by atoms with van der Waals surface area (Å²) in [5.41, 5.74) is 1.83. The van der Waals surface area contributed by atoms with Gasteiger partial charge in [0.25, 0.3) is 0 Å². The third-order valence-electron chi connectivity index (χ3n) is 3.29. The molecule has 0 amide bonds. The summed E-state index contributed by atoms with van der Waals surface area (Å²) in [5.74, 6) is 1.48. The van der Waals surface area contributed by atoms with Gasteiger partial charge in [-0.3, -0.25) is 20.2 Å². The van der Waals surface area contributed by atoms with E-state index in [0.29, 0.717) is 6.42 Å². The number of rotatable bonds is 4. The molecule has 0 aliphatic carbocycles. The first-order valence-corrected chi connectivity index (χ1v) is 7.14. The van der Waals surface area contributed by atoms with Crippen LogP contribution >= 0.6 is 0 Å². The molecule has 120 valence electrons. The minimum atomic E-state index is 0. The Morgan fingerprint density at radius 2 is 1.25 bits per heavy atom. The van der Waals surface area contributed by atoms with E-state index in [1.165, 1.54) is 0 Å². The number of aromatic nitrogens is 6. The average molecular weight is 495 g/mol. The van der Waals surface area contributed by atoms with Crippen molar-refractivity contribution in [3.05, 3.63) is 84.7 Å². The van der Waals surface area contributed by atoms with Crippen molar-refractivity contribution >= 4 is 0 Å². The first-order chi connectivity index (χ1) is 11.4. The Labute approximate surface area is 153 Å². The van der Waals surface area contributed by atoms with Crippen LogP contribution in [0.1, 0.15) is 11.4 Å². The topological polar surface area (TPSA) is 61.4 Å². The molecule has 0 saturated heterocycles. The first-order valence-electron chi connectivity index (χ1n) is 7.14. The zero-order chi connectivity index (χ0) is 15.5. The maximum Gasteiger partial charge on any atom is 2.00 e. The van der Waals surface area contributed by atoms with Crippen molar-refractivity contribution in [3.63, 3.8) is 0 Å². The summed E-state index contributed by atoms with van der Waals surface area (Å²) in [5, 5.41) is 8.30. The summed E-state index contributed by atoms with van der Waals surface area (Å²) in [6.07, 6.45) is 9.96. The van der Waals surface area contributed by atoms with Crippen LogP contribution in [0.2, 0.25) is 0 Å². The Balaban J connectivity index is 0.00000169. The van der Waals surface area contributed by atoms with Crippen molar-refractivity contribution in [1.82, 2.24) is 29.5 Å². The van der Waals surface area contributed by atoms with E-state index in [0.717, 1.165) is 23.0 Å². The summed E-state index contributed by atoms with van der Waals surface area (Å²) in [6.45, 7) is 0. The molecule has 0 spiro atoms. The van der Waals surface area contributed by atoms with Crippen LogP contribution in [0, 0.1) is 12.4 Å². The smallest absolute Gasteiger partial charge is 0.344 e. The van der Waals surface area contributed by atoms with Crippen LogP contribution in [-0.4, -0.2) is 29.5 Å². The van der Waals surface area contributed by atoms with E-state index in [1.54, 1.807) is 33.9 Å². The maximum absolute atomic E-state index is 4.60.